The highest BCUT2D eigenvalue weighted by atomic mass is 19.3. The molecule has 0 aliphatic carbocycles. The summed E-state index contributed by atoms with van der Waals surface area (Å²) < 4.78 is 44.2. The second kappa shape index (κ2) is 10.3. The van der Waals surface area contributed by atoms with Crippen molar-refractivity contribution in [1.82, 2.24) is 0 Å². The lowest BCUT2D eigenvalue weighted by Gasteiger charge is -2.14. The van der Waals surface area contributed by atoms with E-state index in [1.807, 2.05) is 13.8 Å². The Kier molecular flexibility index (Phi) is 7.76. The fourth-order valence-electron chi connectivity index (χ4n) is 2.28. The molecule has 9 heteroatoms. The topological polar surface area (TPSA) is 83.1 Å². The zero-order valence-electron chi connectivity index (χ0n) is 16.1. The highest BCUT2D eigenvalue weighted by molar-refractivity contribution is 5.95. The summed E-state index contributed by atoms with van der Waals surface area (Å²) in [6.07, 6.45) is -0.0681. The van der Waals surface area contributed by atoms with Gasteiger partial charge < -0.3 is 24.3 Å². The van der Waals surface area contributed by atoms with E-state index in [1.54, 1.807) is 6.07 Å². The summed E-state index contributed by atoms with van der Waals surface area (Å²) in [6, 6.07) is 9.87. The number of ether oxygens (including phenoxy) is 4. The van der Waals surface area contributed by atoms with Crippen LogP contribution in [0, 0.1) is 0 Å². The minimum Gasteiger partial charge on any atom is -0.493 e. The van der Waals surface area contributed by atoms with E-state index in [2.05, 4.69) is 10.1 Å². The molecular weight excluding hydrogens is 388 g/mol. The highest BCUT2D eigenvalue weighted by Gasteiger charge is 2.15. The number of methoxy groups -OCH3 is 1. The maximum atomic E-state index is 12.2. The number of carbonyl (C=O) groups is 2. The summed E-state index contributed by atoms with van der Waals surface area (Å²) in [7, 11) is 1.45. The van der Waals surface area contributed by atoms with Crippen molar-refractivity contribution < 1.29 is 37.3 Å². The van der Waals surface area contributed by atoms with Gasteiger partial charge in [0, 0.05) is 5.69 Å². The molecule has 1 N–H and O–H groups in total. The lowest BCUT2D eigenvalue weighted by Crippen LogP contribution is -2.21. The van der Waals surface area contributed by atoms with E-state index >= 15 is 0 Å². The number of benzene rings is 2. The molecule has 0 unspecified atom stereocenters. The van der Waals surface area contributed by atoms with Crippen molar-refractivity contribution in [3.8, 4) is 17.2 Å². The van der Waals surface area contributed by atoms with Gasteiger partial charge in [-0.15, -0.1) is 0 Å². The lowest BCUT2D eigenvalue weighted by atomic mass is 10.2. The van der Waals surface area contributed by atoms with Crippen LogP contribution in [-0.2, 0) is 9.53 Å². The SMILES string of the molecule is COc1cc(C(=O)OCC(=O)Nc2ccc(OC(F)F)cc2)ccc1OC(C)C. The van der Waals surface area contributed by atoms with Gasteiger partial charge in [-0.2, -0.15) is 8.78 Å². The average Bonchev–Trinajstić information content (AvgIpc) is 2.67. The van der Waals surface area contributed by atoms with Gasteiger partial charge in [-0.25, -0.2) is 4.79 Å². The monoisotopic (exact) mass is 409 g/mol. The number of hydrogen-bond acceptors (Lipinski definition) is 6. The standard InChI is InChI=1S/C20H21F2NO6/c1-12(2)28-16-9-4-13(10-17(16)26-3)19(25)27-11-18(24)23-14-5-7-15(8-6-14)29-20(21)22/h4-10,12,20H,11H2,1-3H3,(H,23,24). The van der Waals surface area contributed by atoms with Crippen LogP contribution in [0.2, 0.25) is 0 Å². The Morgan fingerprint density at radius 3 is 2.28 bits per heavy atom. The quantitative estimate of drug-likeness (QED) is 0.633. The van der Waals surface area contributed by atoms with Crippen LogP contribution in [0.5, 0.6) is 17.2 Å². The maximum absolute atomic E-state index is 12.2. The van der Waals surface area contributed by atoms with Crippen LogP contribution in [0.15, 0.2) is 42.5 Å². The van der Waals surface area contributed by atoms with Crippen molar-refractivity contribution >= 4 is 17.6 Å². The first-order valence-electron chi connectivity index (χ1n) is 8.65. The molecule has 156 valence electrons. The zero-order chi connectivity index (χ0) is 21.4. The predicted molar refractivity (Wildman–Crippen MR) is 101 cm³/mol. The molecule has 0 aliphatic heterocycles. The zero-order valence-corrected chi connectivity index (χ0v) is 16.1. The van der Waals surface area contributed by atoms with Crippen molar-refractivity contribution in [2.24, 2.45) is 0 Å². The average molecular weight is 409 g/mol. The van der Waals surface area contributed by atoms with Crippen molar-refractivity contribution in [3.05, 3.63) is 48.0 Å². The van der Waals surface area contributed by atoms with Crippen LogP contribution in [-0.4, -0.2) is 38.3 Å². The van der Waals surface area contributed by atoms with E-state index in [0.717, 1.165) is 0 Å². The van der Waals surface area contributed by atoms with Gasteiger partial charge >= 0.3 is 12.6 Å². The van der Waals surface area contributed by atoms with E-state index in [4.69, 9.17) is 14.2 Å². The molecule has 0 radical (unpaired) electrons. The third kappa shape index (κ3) is 6.95. The molecule has 2 rings (SSSR count). The van der Waals surface area contributed by atoms with E-state index in [9.17, 15) is 18.4 Å². The van der Waals surface area contributed by atoms with Crippen molar-refractivity contribution in [2.75, 3.05) is 19.0 Å². The Balaban J connectivity index is 1.90. The van der Waals surface area contributed by atoms with Crippen LogP contribution < -0.4 is 19.5 Å². The molecule has 0 spiro atoms. The van der Waals surface area contributed by atoms with Crippen molar-refractivity contribution in [1.29, 1.82) is 0 Å². The Morgan fingerprint density at radius 2 is 1.69 bits per heavy atom. The molecule has 0 atom stereocenters. The Labute approximate surface area is 166 Å². The highest BCUT2D eigenvalue weighted by Crippen LogP contribution is 2.29. The van der Waals surface area contributed by atoms with E-state index in [1.165, 1.54) is 43.5 Å². The fraction of sp³-hybridized carbons (Fsp3) is 0.300. The first-order valence-corrected chi connectivity index (χ1v) is 8.65. The summed E-state index contributed by atoms with van der Waals surface area (Å²) in [5.74, 6) is -0.495. The molecule has 0 saturated carbocycles. The van der Waals surface area contributed by atoms with Crippen molar-refractivity contribution in [3.63, 3.8) is 0 Å². The summed E-state index contributed by atoms with van der Waals surface area (Å²) in [5.41, 5.74) is 0.531. The Morgan fingerprint density at radius 1 is 1.00 bits per heavy atom. The van der Waals surface area contributed by atoms with Crippen LogP contribution in [0.4, 0.5) is 14.5 Å². The predicted octanol–water partition coefficient (Wildman–Crippen LogP) is 3.88. The molecule has 1 amide bonds. The van der Waals surface area contributed by atoms with Crippen LogP contribution in [0.1, 0.15) is 24.2 Å². The normalized spacial score (nSPS) is 10.6. The van der Waals surface area contributed by atoms with Crippen LogP contribution >= 0.6 is 0 Å². The third-order valence-electron chi connectivity index (χ3n) is 3.46. The van der Waals surface area contributed by atoms with Gasteiger partial charge in [0.1, 0.15) is 5.75 Å². The molecule has 29 heavy (non-hydrogen) atoms. The Bertz CT molecular complexity index is 839. The number of nitrogens with one attached hydrogen (secondary N) is 1. The third-order valence-corrected chi connectivity index (χ3v) is 3.46. The van der Waals surface area contributed by atoms with Gasteiger partial charge in [0.05, 0.1) is 18.8 Å². The largest absolute Gasteiger partial charge is 0.493 e. The molecule has 2 aromatic carbocycles. The van der Waals surface area contributed by atoms with E-state index in [-0.39, 0.29) is 17.4 Å². The second-order valence-electron chi connectivity index (χ2n) is 6.06. The molecule has 0 saturated heterocycles. The second-order valence-corrected chi connectivity index (χ2v) is 6.06. The van der Waals surface area contributed by atoms with Gasteiger partial charge in [0.2, 0.25) is 0 Å². The summed E-state index contributed by atoms with van der Waals surface area (Å²) in [4.78, 5) is 24.1. The molecular formula is C20H21F2NO6. The minimum absolute atomic E-state index is 0.0386. The van der Waals surface area contributed by atoms with E-state index < -0.39 is 25.1 Å². The van der Waals surface area contributed by atoms with Crippen molar-refractivity contribution in [2.45, 2.75) is 26.6 Å². The smallest absolute Gasteiger partial charge is 0.387 e. The molecule has 2 aromatic rings. The summed E-state index contributed by atoms with van der Waals surface area (Å²) in [6.45, 7) is 0.263. The first-order chi connectivity index (χ1) is 13.8. The fourth-order valence-corrected chi connectivity index (χ4v) is 2.28. The Hall–Kier alpha value is -3.36. The lowest BCUT2D eigenvalue weighted by molar-refractivity contribution is -0.119. The van der Waals surface area contributed by atoms with Gasteiger partial charge in [0.25, 0.3) is 5.91 Å². The molecule has 7 nitrogen and oxygen atoms in total. The number of carbonyl (C=O) groups excluding carboxylic acids is 2. The van der Waals surface area contributed by atoms with Crippen LogP contribution in [0.25, 0.3) is 0 Å². The molecule has 0 aliphatic rings. The first kappa shape index (κ1) is 21.9. The number of esters is 1. The van der Waals surface area contributed by atoms with Gasteiger partial charge in [-0.05, 0) is 56.3 Å². The number of hydrogen-bond donors (Lipinski definition) is 1. The number of alkyl halides is 2. The van der Waals surface area contributed by atoms with Crippen LogP contribution in [0.3, 0.4) is 0 Å². The number of amides is 1. The summed E-state index contributed by atoms with van der Waals surface area (Å²) in [5, 5.41) is 2.48. The molecule has 0 aromatic heterocycles. The number of anilines is 1. The minimum atomic E-state index is -2.93. The maximum Gasteiger partial charge on any atom is 0.387 e. The van der Waals surface area contributed by atoms with Gasteiger partial charge in [-0.1, -0.05) is 0 Å². The number of rotatable bonds is 9. The molecule has 0 bridgehead atoms. The van der Waals surface area contributed by atoms with Gasteiger partial charge in [-0.3, -0.25) is 4.79 Å². The van der Waals surface area contributed by atoms with Gasteiger partial charge in [0.15, 0.2) is 18.1 Å². The molecule has 0 fully saturated rings. The summed E-state index contributed by atoms with van der Waals surface area (Å²) >= 11 is 0. The number of halogens is 2. The molecule has 0 heterocycles. The van der Waals surface area contributed by atoms with E-state index in [0.29, 0.717) is 17.2 Å².